The quantitative estimate of drug-likeness (QED) is 0.171. The lowest BCUT2D eigenvalue weighted by Gasteiger charge is -2.48. The molecule has 2 nitrogen and oxygen atoms in total. The van der Waals surface area contributed by atoms with Crippen molar-refractivity contribution in [2.45, 2.75) is 93.3 Å². The molecule has 64 heavy (non-hydrogen) atoms. The molecule has 0 saturated heterocycles. The number of nitrogens with zero attached hydrogens (tertiary/aromatic N) is 2. The highest BCUT2D eigenvalue weighted by atomic mass is 14.9. The van der Waals surface area contributed by atoms with Crippen LogP contribution in [-0.4, -0.2) is 4.40 Å². The van der Waals surface area contributed by atoms with E-state index in [1.165, 1.54) is 136 Å². The maximum absolute atomic E-state index is 11.5. The number of rotatable bonds is 2. The Morgan fingerprint density at radius 3 is 1.81 bits per heavy atom. The Morgan fingerprint density at radius 1 is 0.516 bits per heavy atom. The van der Waals surface area contributed by atoms with E-state index in [0.29, 0.717) is 34.5 Å². The van der Waals surface area contributed by atoms with Gasteiger partial charge in [0.15, 0.2) is 0 Å². The summed E-state index contributed by atoms with van der Waals surface area (Å²) in [4.78, 5) is 0. The number of benzene rings is 7. The molecule has 6 bridgehead atoms. The van der Waals surface area contributed by atoms with E-state index in [2.05, 4.69) is 132 Å². The van der Waals surface area contributed by atoms with Gasteiger partial charge in [0.2, 0.25) is 0 Å². The largest absolute Gasteiger partial charge is 0.308 e. The molecule has 2 heterocycles. The lowest BCUT2D eigenvalue weighted by molar-refractivity contribution is 0.00321. The van der Waals surface area contributed by atoms with E-state index < -0.39 is 5.41 Å². The van der Waals surface area contributed by atoms with Crippen molar-refractivity contribution in [3.63, 3.8) is 0 Å². The molecule has 306 valence electrons. The molecule has 6 saturated carbocycles. The fourth-order valence-corrected chi connectivity index (χ4v) is 19.5. The smallest absolute Gasteiger partial charge is 0.0999 e. The standard InChI is InChI=1S/C62H48N2/c63-31-37-23-52-57(58-54(37)45-13-7-8-14-50(45)62(58,38-9-3-1-4-10-38)39-11-5-2-6-12-39)56-48-26-47-35-19-42-24-41-18-34(28-60(41,42)29-35)46(47)21-32(48)22-49-55-51(64(52)59(49)56)16-15-44-33-17-40-25-43-20-36(53(44)55)30-61(40,43)27-33/h1-16,21-23,26,33-36,40-43H,17-20,24-25,27-30H2. The Bertz CT molecular complexity index is 3680. The topological polar surface area (TPSA) is 28.2 Å². The van der Waals surface area contributed by atoms with Crippen LogP contribution in [0.5, 0.6) is 0 Å². The Hall–Kier alpha value is -5.91. The summed E-state index contributed by atoms with van der Waals surface area (Å²) in [5.41, 5.74) is 19.5. The highest BCUT2D eigenvalue weighted by Gasteiger charge is 2.67. The number of fused-ring (bicyclic) bond motifs is 23. The van der Waals surface area contributed by atoms with E-state index in [1.807, 2.05) is 0 Å². The normalized spacial score (nSPS) is 33.2. The first-order valence-electron chi connectivity index (χ1n) is 25.0. The maximum atomic E-state index is 11.5. The minimum atomic E-state index is -0.626. The second kappa shape index (κ2) is 10.6. The third-order valence-corrected chi connectivity index (χ3v) is 21.5. The van der Waals surface area contributed by atoms with E-state index >= 15 is 0 Å². The van der Waals surface area contributed by atoms with Gasteiger partial charge in [-0.05, 0) is 207 Å². The predicted octanol–water partition coefficient (Wildman–Crippen LogP) is 15.0. The monoisotopic (exact) mass is 820 g/mol. The number of aromatic nitrogens is 1. The van der Waals surface area contributed by atoms with Crippen LogP contribution < -0.4 is 0 Å². The van der Waals surface area contributed by atoms with Crippen molar-refractivity contribution < 1.29 is 0 Å². The summed E-state index contributed by atoms with van der Waals surface area (Å²) < 4.78 is 2.70. The zero-order valence-electron chi connectivity index (χ0n) is 36.1. The summed E-state index contributed by atoms with van der Waals surface area (Å²) in [5.74, 6) is 6.49. The molecular formula is C62H48N2. The fraction of sp³-hybridized carbons (Fsp3) is 0.339. The van der Waals surface area contributed by atoms with Crippen molar-refractivity contribution in [3.05, 3.63) is 171 Å². The van der Waals surface area contributed by atoms with Gasteiger partial charge in [-0.15, -0.1) is 0 Å². The van der Waals surface area contributed by atoms with E-state index in [-0.39, 0.29) is 0 Å². The molecule has 0 radical (unpaired) electrons. The van der Waals surface area contributed by atoms with Gasteiger partial charge < -0.3 is 4.40 Å². The van der Waals surface area contributed by atoms with Crippen LogP contribution in [-0.2, 0) is 5.41 Å². The summed E-state index contributed by atoms with van der Waals surface area (Å²) in [5, 5.41) is 20.2. The summed E-state index contributed by atoms with van der Waals surface area (Å²) >= 11 is 0. The molecule has 7 aromatic carbocycles. The second-order valence-electron chi connectivity index (χ2n) is 23.1. The Labute approximate surface area is 373 Å². The van der Waals surface area contributed by atoms with Gasteiger partial charge in [0.1, 0.15) is 0 Å². The van der Waals surface area contributed by atoms with Crippen molar-refractivity contribution in [1.82, 2.24) is 4.40 Å². The SMILES string of the molecule is N#Cc1cc2c(c3c1-c1ccccc1C3(c1ccccc1)c1ccccc1)c1c3cc4c(cc3cc3c5c6c(ccc5n2c31)C1CC2CC3CC6CC23C1)C1CC2CC3CC4CC23C1. The predicted molar refractivity (Wildman–Crippen MR) is 257 cm³/mol. The summed E-state index contributed by atoms with van der Waals surface area (Å²) in [6.45, 7) is 0. The van der Waals surface area contributed by atoms with Crippen LogP contribution in [0.3, 0.4) is 0 Å². The van der Waals surface area contributed by atoms with Crippen molar-refractivity contribution in [1.29, 1.82) is 5.26 Å². The van der Waals surface area contributed by atoms with E-state index in [0.717, 1.165) is 34.8 Å². The zero-order chi connectivity index (χ0) is 41.2. The first kappa shape index (κ1) is 33.6. The van der Waals surface area contributed by atoms with E-state index in [4.69, 9.17) is 0 Å². The van der Waals surface area contributed by atoms with Gasteiger partial charge in [0, 0.05) is 27.1 Å². The maximum Gasteiger partial charge on any atom is 0.0999 e. The van der Waals surface area contributed by atoms with Crippen LogP contribution in [0.1, 0.15) is 138 Å². The molecule has 9 aromatic rings. The molecule has 10 atom stereocenters. The summed E-state index contributed by atoms with van der Waals surface area (Å²) in [6, 6.07) is 50.2. The van der Waals surface area contributed by atoms with Crippen LogP contribution in [0, 0.1) is 45.8 Å². The molecule has 0 aliphatic heterocycles. The minimum Gasteiger partial charge on any atom is -0.308 e. The number of nitriles is 1. The van der Waals surface area contributed by atoms with Crippen molar-refractivity contribution in [2.75, 3.05) is 0 Å². The van der Waals surface area contributed by atoms with Crippen molar-refractivity contribution >= 4 is 48.9 Å². The highest BCUT2D eigenvalue weighted by molar-refractivity contribution is 6.33. The van der Waals surface area contributed by atoms with Crippen LogP contribution in [0.4, 0.5) is 0 Å². The second-order valence-corrected chi connectivity index (χ2v) is 23.1. The first-order valence-corrected chi connectivity index (χ1v) is 25.0. The Morgan fingerprint density at radius 2 is 1.12 bits per heavy atom. The number of hydrogen-bond acceptors (Lipinski definition) is 1. The van der Waals surface area contributed by atoms with Gasteiger partial charge in [0.05, 0.1) is 33.6 Å². The summed E-state index contributed by atoms with van der Waals surface area (Å²) in [6.07, 6.45) is 14.2. The molecule has 0 amide bonds. The highest BCUT2D eigenvalue weighted by Crippen LogP contribution is 2.78. The average molecular weight is 821 g/mol. The molecule has 9 aliphatic rings. The third-order valence-electron chi connectivity index (χ3n) is 21.5. The molecule has 2 aromatic heterocycles. The van der Waals surface area contributed by atoms with Gasteiger partial charge >= 0.3 is 0 Å². The average Bonchev–Trinajstić information content (AvgIpc) is 4.16. The lowest BCUT2D eigenvalue weighted by Crippen LogP contribution is -2.41. The number of hydrogen-bond donors (Lipinski definition) is 0. The lowest BCUT2D eigenvalue weighted by atomic mass is 9.56. The van der Waals surface area contributed by atoms with E-state index in [1.54, 1.807) is 27.6 Å². The molecule has 0 N–H and O–H groups in total. The van der Waals surface area contributed by atoms with Crippen LogP contribution in [0.25, 0.3) is 60.0 Å². The fourth-order valence-electron chi connectivity index (χ4n) is 19.5. The van der Waals surface area contributed by atoms with Gasteiger partial charge in [-0.3, -0.25) is 0 Å². The zero-order valence-corrected chi connectivity index (χ0v) is 36.1. The van der Waals surface area contributed by atoms with Gasteiger partial charge in [-0.1, -0.05) is 97.1 Å². The molecule has 6 fully saturated rings. The van der Waals surface area contributed by atoms with E-state index in [9.17, 15) is 5.26 Å². The first-order chi connectivity index (χ1) is 31.6. The van der Waals surface area contributed by atoms with Gasteiger partial charge in [-0.2, -0.15) is 5.26 Å². The van der Waals surface area contributed by atoms with Crippen molar-refractivity contribution in [2.24, 2.45) is 34.5 Å². The molecule has 2 heteroatoms. The van der Waals surface area contributed by atoms with Gasteiger partial charge in [-0.25, -0.2) is 0 Å². The molecular weight excluding hydrogens is 773 g/mol. The van der Waals surface area contributed by atoms with Crippen molar-refractivity contribution in [3.8, 4) is 17.2 Å². The molecule has 18 rings (SSSR count). The summed E-state index contributed by atoms with van der Waals surface area (Å²) in [7, 11) is 0. The molecule has 9 aliphatic carbocycles. The van der Waals surface area contributed by atoms with Crippen LogP contribution >= 0.6 is 0 Å². The Balaban J connectivity index is 1.07. The minimum absolute atomic E-state index is 0.603. The molecule has 10 unspecified atom stereocenters. The third kappa shape index (κ3) is 3.39. The van der Waals surface area contributed by atoms with Crippen LogP contribution in [0.15, 0.2) is 121 Å². The Kier molecular flexibility index (Phi) is 5.57. The molecule has 2 spiro atoms. The van der Waals surface area contributed by atoms with Gasteiger partial charge in [0.25, 0.3) is 0 Å². The van der Waals surface area contributed by atoms with Crippen LogP contribution in [0.2, 0.25) is 0 Å².